The summed E-state index contributed by atoms with van der Waals surface area (Å²) in [5.74, 6) is 0.0150. The van der Waals surface area contributed by atoms with Crippen molar-refractivity contribution in [3.63, 3.8) is 0 Å². The Kier molecular flexibility index (Phi) is 4.44. The van der Waals surface area contributed by atoms with Crippen molar-refractivity contribution in [3.05, 3.63) is 45.8 Å². The number of halogens is 1. The van der Waals surface area contributed by atoms with Crippen molar-refractivity contribution in [2.45, 2.75) is 0 Å². The predicted octanol–water partition coefficient (Wildman–Crippen LogP) is 3.54. The molecule has 0 atom stereocenters. The molecule has 98 valence electrons. The van der Waals surface area contributed by atoms with Gasteiger partial charge in [-0.2, -0.15) is 0 Å². The second-order valence-corrected chi connectivity index (χ2v) is 6.32. The average Bonchev–Trinajstić information content (AvgIpc) is 2.62. The van der Waals surface area contributed by atoms with E-state index in [1.165, 1.54) is 16.7 Å². The van der Waals surface area contributed by atoms with Gasteiger partial charge in [0.2, 0.25) is 0 Å². The molecule has 1 aliphatic heterocycles. The third kappa shape index (κ3) is 3.08. The van der Waals surface area contributed by atoms with Crippen LogP contribution in [0.1, 0.15) is 5.56 Å². The smallest absolute Gasteiger partial charge is 0.266 e. The zero-order valence-corrected chi connectivity index (χ0v) is 13.0. The number of aromatic hydroxyl groups is 1. The minimum Gasteiger partial charge on any atom is -0.508 e. The van der Waals surface area contributed by atoms with Crippen LogP contribution in [-0.4, -0.2) is 26.8 Å². The Morgan fingerprint density at radius 1 is 1.53 bits per heavy atom. The van der Waals surface area contributed by atoms with E-state index < -0.39 is 0 Å². The Hall–Kier alpha value is -1.11. The lowest BCUT2D eigenvalue weighted by Gasteiger charge is -2.10. The fourth-order valence-electron chi connectivity index (χ4n) is 1.57. The van der Waals surface area contributed by atoms with E-state index in [-0.39, 0.29) is 11.7 Å². The molecule has 1 saturated heterocycles. The van der Waals surface area contributed by atoms with Gasteiger partial charge in [0.25, 0.3) is 5.91 Å². The molecule has 1 fully saturated rings. The second-order valence-electron chi connectivity index (χ2n) is 3.79. The fourth-order valence-corrected chi connectivity index (χ4v) is 3.20. The van der Waals surface area contributed by atoms with Crippen molar-refractivity contribution in [2.75, 3.05) is 6.54 Å². The topological polar surface area (TPSA) is 40.5 Å². The molecule has 0 radical (unpaired) electrons. The summed E-state index contributed by atoms with van der Waals surface area (Å²) < 4.78 is 1.33. The maximum Gasteiger partial charge on any atom is 0.266 e. The monoisotopic (exact) mass is 355 g/mol. The first-order valence-electron chi connectivity index (χ1n) is 5.37. The summed E-state index contributed by atoms with van der Waals surface area (Å²) in [4.78, 5) is 14.2. The van der Waals surface area contributed by atoms with Crippen molar-refractivity contribution in [1.82, 2.24) is 4.90 Å². The molecule has 1 heterocycles. The van der Waals surface area contributed by atoms with Crippen molar-refractivity contribution < 1.29 is 9.90 Å². The largest absolute Gasteiger partial charge is 0.508 e. The molecule has 1 N–H and O–H groups in total. The molecule has 0 unspecified atom stereocenters. The van der Waals surface area contributed by atoms with E-state index in [9.17, 15) is 9.90 Å². The summed E-state index contributed by atoms with van der Waals surface area (Å²) in [5, 5.41) is 9.47. The summed E-state index contributed by atoms with van der Waals surface area (Å²) in [6, 6.07) is 4.89. The molecule has 3 nitrogen and oxygen atoms in total. The van der Waals surface area contributed by atoms with Crippen molar-refractivity contribution in [3.8, 4) is 5.75 Å². The minimum atomic E-state index is -0.134. The van der Waals surface area contributed by atoms with Gasteiger partial charge in [-0.3, -0.25) is 9.69 Å². The summed E-state index contributed by atoms with van der Waals surface area (Å²) in [6.45, 7) is 4.01. The highest BCUT2D eigenvalue weighted by Crippen LogP contribution is 2.34. The number of phenols is 1. The van der Waals surface area contributed by atoms with Crippen molar-refractivity contribution in [2.24, 2.45) is 0 Å². The molecular weight excluding hydrogens is 346 g/mol. The highest BCUT2D eigenvalue weighted by molar-refractivity contribution is 9.10. The van der Waals surface area contributed by atoms with Gasteiger partial charge in [-0.25, -0.2) is 0 Å². The molecule has 2 rings (SSSR count). The molecule has 0 aliphatic carbocycles. The number of hydrogen-bond acceptors (Lipinski definition) is 4. The summed E-state index contributed by atoms with van der Waals surface area (Å²) in [7, 11) is 0. The third-order valence-corrected chi connectivity index (χ3v) is 4.55. The first-order valence-corrected chi connectivity index (χ1v) is 7.39. The van der Waals surface area contributed by atoms with Crippen LogP contribution in [-0.2, 0) is 4.79 Å². The number of amides is 1. The van der Waals surface area contributed by atoms with E-state index >= 15 is 0 Å². The Balaban J connectivity index is 2.34. The zero-order chi connectivity index (χ0) is 14.0. The SMILES string of the molecule is C=CCN1C(=O)/C(=C/c2cc(O)ccc2Br)SC1=S. The molecule has 0 saturated carbocycles. The molecule has 1 aliphatic rings. The predicted molar refractivity (Wildman–Crippen MR) is 85.9 cm³/mol. The standard InChI is InChI=1S/C13H10BrNO2S2/c1-2-5-15-12(17)11(19-13(15)18)7-8-6-9(16)3-4-10(8)14/h2-4,6-7,16H,1,5H2/b11-7-. The van der Waals surface area contributed by atoms with Crippen LogP contribution in [0.4, 0.5) is 0 Å². The van der Waals surface area contributed by atoms with Crippen LogP contribution >= 0.6 is 39.9 Å². The van der Waals surface area contributed by atoms with Gasteiger partial charge >= 0.3 is 0 Å². The summed E-state index contributed by atoms with van der Waals surface area (Å²) >= 11 is 9.78. The lowest BCUT2D eigenvalue weighted by Crippen LogP contribution is -2.27. The van der Waals surface area contributed by atoms with Crippen LogP contribution in [0.15, 0.2) is 40.2 Å². The Morgan fingerprint density at radius 2 is 2.26 bits per heavy atom. The minimum absolute atomic E-state index is 0.134. The van der Waals surface area contributed by atoms with Gasteiger partial charge in [-0.1, -0.05) is 46.0 Å². The Bertz CT molecular complexity index is 598. The van der Waals surface area contributed by atoms with E-state index in [0.717, 1.165) is 10.0 Å². The Morgan fingerprint density at radius 3 is 2.95 bits per heavy atom. The van der Waals surface area contributed by atoms with E-state index in [1.54, 1.807) is 30.4 Å². The molecule has 19 heavy (non-hydrogen) atoms. The Labute approximate surface area is 129 Å². The number of hydrogen-bond donors (Lipinski definition) is 1. The number of carbonyl (C=O) groups is 1. The number of thioether (sulfide) groups is 1. The highest BCUT2D eigenvalue weighted by Gasteiger charge is 2.31. The number of thiocarbonyl (C=S) groups is 1. The van der Waals surface area contributed by atoms with Gasteiger partial charge in [0.05, 0.1) is 4.91 Å². The first-order chi connectivity index (χ1) is 9.02. The molecule has 0 spiro atoms. The van der Waals surface area contributed by atoms with Crippen LogP contribution < -0.4 is 0 Å². The highest BCUT2D eigenvalue weighted by atomic mass is 79.9. The lowest BCUT2D eigenvalue weighted by atomic mass is 10.2. The van der Waals surface area contributed by atoms with E-state index in [2.05, 4.69) is 22.5 Å². The van der Waals surface area contributed by atoms with Crippen molar-refractivity contribution in [1.29, 1.82) is 0 Å². The van der Waals surface area contributed by atoms with Crippen LogP contribution in [0.5, 0.6) is 5.75 Å². The number of benzene rings is 1. The van der Waals surface area contributed by atoms with Gasteiger partial charge in [-0.15, -0.1) is 6.58 Å². The maximum absolute atomic E-state index is 12.1. The van der Waals surface area contributed by atoms with Crippen LogP contribution in [0.2, 0.25) is 0 Å². The van der Waals surface area contributed by atoms with Gasteiger partial charge in [-0.05, 0) is 29.8 Å². The van der Waals surface area contributed by atoms with Gasteiger partial charge in [0.1, 0.15) is 10.1 Å². The van der Waals surface area contributed by atoms with Crippen LogP contribution in [0.25, 0.3) is 6.08 Å². The fraction of sp³-hybridized carbons (Fsp3) is 0.0769. The molecule has 1 amide bonds. The molecule has 0 aromatic heterocycles. The molecular formula is C13H10BrNO2S2. The molecule has 0 bridgehead atoms. The molecule has 1 aromatic carbocycles. The van der Waals surface area contributed by atoms with E-state index in [1.807, 2.05) is 0 Å². The van der Waals surface area contributed by atoms with Gasteiger partial charge < -0.3 is 5.11 Å². The van der Waals surface area contributed by atoms with Gasteiger partial charge in [0, 0.05) is 11.0 Å². The molecule has 1 aromatic rings. The first kappa shape index (κ1) is 14.3. The average molecular weight is 356 g/mol. The van der Waals surface area contributed by atoms with E-state index in [4.69, 9.17) is 12.2 Å². The summed E-state index contributed by atoms with van der Waals surface area (Å²) in [6.07, 6.45) is 3.35. The number of nitrogens with zero attached hydrogens (tertiary/aromatic N) is 1. The summed E-state index contributed by atoms with van der Waals surface area (Å²) in [5.41, 5.74) is 0.735. The van der Waals surface area contributed by atoms with Crippen molar-refractivity contribution >= 4 is 56.2 Å². The normalized spacial score (nSPS) is 17.3. The number of rotatable bonds is 3. The second kappa shape index (κ2) is 5.90. The van der Waals surface area contributed by atoms with Crippen LogP contribution in [0.3, 0.4) is 0 Å². The van der Waals surface area contributed by atoms with Gasteiger partial charge in [0.15, 0.2) is 0 Å². The number of phenolic OH excluding ortho intramolecular Hbond substituents is 1. The lowest BCUT2D eigenvalue weighted by molar-refractivity contribution is -0.121. The quantitative estimate of drug-likeness (QED) is 0.511. The van der Waals surface area contributed by atoms with E-state index in [0.29, 0.717) is 15.8 Å². The third-order valence-electron chi connectivity index (χ3n) is 2.45. The molecule has 6 heteroatoms. The number of carbonyl (C=O) groups excluding carboxylic acids is 1. The zero-order valence-electron chi connectivity index (χ0n) is 9.80. The maximum atomic E-state index is 12.1. The van der Waals surface area contributed by atoms with Crippen LogP contribution in [0, 0.1) is 0 Å².